The molecule has 0 spiro atoms. The topological polar surface area (TPSA) is 66.0 Å². The van der Waals surface area contributed by atoms with Crippen LogP contribution in [0.5, 0.6) is 23.0 Å². The number of carbonyl (C=O) groups excluding carboxylic acids is 1. The fraction of sp³-hybridized carbons (Fsp3) is 0.348. The number of hydrogen-bond acceptors (Lipinski definition) is 5. The van der Waals surface area contributed by atoms with Gasteiger partial charge in [0.1, 0.15) is 5.75 Å². The molecule has 6 heteroatoms. The van der Waals surface area contributed by atoms with E-state index in [0.717, 1.165) is 11.3 Å². The molecule has 0 saturated heterocycles. The number of nitrogens with one attached hydrogen (secondary N) is 1. The maximum atomic E-state index is 12.6. The normalized spacial score (nSPS) is 9.79. The second-order valence-electron chi connectivity index (χ2n) is 5.81. The smallest absolute Gasteiger partial charge is 0.252 e. The van der Waals surface area contributed by atoms with Gasteiger partial charge in [-0.05, 0) is 57.2 Å². The van der Waals surface area contributed by atoms with E-state index < -0.39 is 0 Å². The van der Waals surface area contributed by atoms with Crippen molar-refractivity contribution in [2.75, 3.05) is 33.5 Å². The Bertz CT molecular complexity index is 838. The molecule has 0 unspecified atom stereocenters. The molecule has 0 aromatic heterocycles. The van der Waals surface area contributed by atoms with Crippen LogP contribution in [-0.4, -0.2) is 39.4 Å². The number of benzene rings is 2. The van der Waals surface area contributed by atoms with E-state index in [1.165, 1.54) is 0 Å². The highest BCUT2D eigenvalue weighted by Gasteiger charge is 2.18. The molecule has 0 fully saturated rings. The van der Waals surface area contributed by atoms with E-state index in [2.05, 4.69) is 17.2 Å². The quantitative estimate of drug-likeness (QED) is 0.654. The van der Waals surface area contributed by atoms with Crippen LogP contribution in [0.3, 0.4) is 0 Å². The van der Waals surface area contributed by atoms with Gasteiger partial charge in [0, 0.05) is 11.1 Å². The fourth-order valence-corrected chi connectivity index (χ4v) is 2.57. The molecule has 0 aliphatic rings. The summed E-state index contributed by atoms with van der Waals surface area (Å²) >= 11 is 0. The Balaban J connectivity index is 2.11. The number of methoxy groups -OCH3 is 1. The van der Waals surface area contributed by atoms with E-state index in [1.807, 2.05) is 45.0 Å². The van der Waals surface area contributed by atoms with Crippen molar-refractivity contribution in [3.05, 3.63) is 47.5 Å². The van der Waals surface area contributed by atoms with Crippen molar-refractivity contribution >= 4 is 5.91 Å². The molecule has 154 valence electrons. The van der Waals surface area contributed by atoms with Crippen molar-refractivity contribution in [1.82, 2.24) is 5.32 Å². The monoisotopic (exact) mass is 397 g/mol. The SMILES string of the molecule is CCOc1cc(C(=O)NCC#Cc2ccc(OC)cc2)cc(OCC)c1OCC. The third kappa shape index (κ3) is 6.35. The van der Waals surface area contributed by atoms with Crippen molar-refractivity contribution < 1.29 is 23.7 Å². The maximum Gasteiger partial charge on any atom is 0.252 e. The molecule has 2 rings (SSSR count). The Hall–Kier alpha value is -3.33. The van der Waals surface area contributed by atoms with E-state index in [0.29, 0.717) is 42.6 Å². The first-order valence-corrected chi connectivity index (χ1v) is 9.60. The molecule has 1 N–H and O–H groups in total. The number of amides is 1. The second kappa shape index (κ2) is 11.5. The summed E-state index contributed by atoms with van der Waals surface area (Å²) in [5.74, 6) is 7.92. The average Bonchev–Trinajstić information content (AvgIpc) is 2.74. The molecule has 0 heterocycles. The van der Waals surface area contributed by atoms with Crippen molar-refractivity contribution in [1.29, 1.82) is 0 Å². The van der Waals surface area contributed by atoms with E-state index in [1.54, 1.807) is 19.2 Å². The molecule has 2 aromatic rings. The third-order valence-electron chi connectivity index (χ3n) is 3.83. The van der Waals surface area contributed by atoms with Crippen LogP contribution in [0.2, 0.25) is 0 Å². The van der Waals surface area contributed by atoms with Crippen LogP contribution in [-0.2, 0) is 0 Å². The first-order chi connectivity index (χ1) is 14.1. The third-order valence-corrected chi connectivity index (χ3v) is 3.83. The van der Waals surface area contributed by atoms with Gasteiger partial charge in [-0.15, -0.1) is 0 Å². The van der Waals surface area contributed by atoms with Gasteiger partial charge in [-0.3, -0.25) is 4.79 Å². The Kier molecular flexibility index (Phi) is 8.71. The summed E-state index contributed by atoms with van der Waals surface area (Å²) in [5.41, 5.74) is 1.27. The lowest BCUT2D eigenvalue weighted by molar-refractivity contribution is 0.0957. The van der Waals surface area contributed by atoms with Gasteiger partial charge >= 0.3 is 0 Å². The lowest BCUT2D eigenvalue weighted by Gasteiger charge is -2.16. The molecule has 0 atom stereocenters. The lowest BCUT2D eigenvalue weighted by Crippen LogP contribution is -2.23. The second-order valence-corrected chi connectivity index (χ2v) is 5.81. The minimum atomic E-state index is -0.265. The fourth-order valence-electron chi connectivity index (χ4n) is 2.57. The van der Waals surface area contributed by atoms with Gasteiger partial charge in [-0.25, -0.2) is 0 Å². The Morgan fingerprint density at radius 3 is 2.03 bits per heavy atom. The highest BCUT2D eigenvalue weighted by atomic mass is 16.5. The molecule has 29 heavy (non-hydrogen) atoms. The maximum absolute atomic E-state index is 12.6. The summed E-state index contributed by atoms with van der Waals surface area (Å²) in [6.45, 7) is 7.20. The first kappa shape index (κ1) is 22.0. The zero-order valence-corrected chi connectivity index (χ0v) is 17.3. The van der Waals surface area contributed by atoms with Crippen LogP contribution in [0, 0.1) is 11.8 Å². The summed E-state index contributed by atoms with van der Waals surface area (Å²) in [6, 6.07) is 10.7. The number of hydrogen-bond donors (Lipinski definition) is 1. The molecule has 0 aliphatic carbocycles. The summed E-state index contributed by atoms with van der Waals surface area (Å²) in [5, 5.41) is 2.79. The Labute approximate surface area is 172 Å². The van der Waals surface area contributed by atoms with Gasteiger partial charge in [-0.2, -0.15) is 0 Å². The minimum Gasteiger partial charge on any atom is -0.497 e. The zero-order valence-electron chi connectivity index (χ0n) is 17.3. The van der Waals surface area contributed by atoms with Crippen molar-refractivity contribution in [3.63, 3.8) is 0 Å². The van der Waals surface area contributed by atoms with E-state index >= 15 is 0 Å². The van der Waals surface area contributed by atoms with Crippen molar-refractivity contribution in [2.45, 2.75) is 20.8 Å². The number of rotatable bonds is 9. The van der Waals surface area contributed by atoms with Crippen LogP contribution in [0.25, 0.3) is 0 Å². The summed E-state index contributed by atoms with van der Waals surface area (Å²) < 4.78 is 22.1. The van der Waals surface area contributed by atoms with Crippen LogP contribution < -0.4 is 24.3 Å². The van der Waals surface area contributed by atoms with Gasteiger partial charge in [0.2, 0.25) is 5.75 Å². The van der Waals surface area contributed by atoms with Gasteiger partial charge in [0.25, 0.3) is 5.91 Å². The highest BCUT2D eigenvalue weighted by molar-refractivity contribution is 5.95. The number of carbonyl (C=O) groups is 1. The number of ether oxygens (including phenoxy) is 4. The van der Waals surface area contributed by atoms with Crippen LogP contribution in [0.1, 0.15) is 36.7 Å². The first-order valence-electron chi connectivity index (χ1n) is 9.60. The molecule has 0 bridgehead atoms. The molecule has 2 aromatic carbocycles. The lowest BCUT2D eigenvalue weighted by atomic mass is 10.1. The Morgan fingerprint density at radius 1 is 0.931 bits per heavy atom. The van der Waals surface area contributed by atoms with Gasteiger partial charge in [0.15, 0.2) is 11.5 Å². The van der Waals surface area contributed by atoms with Crippen LogP contribution in [0.15, 0.2) is 36.4 Å². The standard InChI is InChI=1S/C23H27NO5/c1-5-27-20-15-18(16-21(28-6-2)22(20)29-7-3)23(25)24-14-8-9-17-10-12-19(26-4)13-11-17/h10-13,15-16H,5-7,14H2,1-4H3,(H,24,25). The van der Waals surface area contributed by atoms with Gasteiger partial charge in [-0.1, -0.05) is 11.8 Å². The predicted octanol–water partition coefficient (Wildman–Crippen LogP) is 3.67. The van der Waals surface area contributed by atoms with Crippen LogP contribution >= 0.6 is 0 Å². The molecule has 0 radical (unpaired) electrons. The van der Waals surface area contributed by atoms with Gasteiger partial charge in [0.05, 0.1) is 33.5 Å². The molecule has 0 saturated carbocycles. The van der Waals surface area contributed by atoms with Gasteiger partial charge < -0.3 is 24.3 Å². The largest absolute Gasteiger partial charge is 0.497 e. The van der Waals surface area contributed by atoms with E-state index in [9.17, 15) is 4.79 Å². The van der Waals surface area contributed by atoms with Crippen molar-refractivity contribution in [3.8, 4) is 34.8 Å². The molecular formula is C23H27NO5. The van der Waals surface area contributed by atoms with Crippen LogP contribution in [0.4, 0.5) is 0 Å². The predicted molar refractivity (Wildman–Crippen MR) is 112 cm³/mol. The molecular weight excluding hydrogens is 370 g/mol. The summed E-state index contributed by atoms with van der Waals surface area (Å²) in [6.07, 6.45) is 0. The zero-order chi connectivity index (χ0) is 21.1. The Morgan fingerprint density at radius 2 is 1.52 bits per heavy atom. The summed E-state index contributed by atoms with van der Waals surface area (Å²) in [7, 11) is 1.62. The molecule has 0 aliphatic heterocycles. The highest BCUT2D eigenvalue weighted by Crippen LogP contribution is 2.39. The molecule has 6 nitrogen and oxygen atoms in total. The minimum absolute atomic E-state index is 0.214. The van der Waals surface area contributed by atoms with E-state index in [4.69, 9.17) is 18.9 Å². The molecule has 1 amide bonds. The van der Waals surface area contributed by atoms with Crippen molar-refractivity contribution in [2.24, 2.45) is 0 Å². The summed E-state index contributed by atoms with van der Waals surface area (Å²) in [4.78, 5) is 12.6. The average molecular weight is 397 g/mol. The van der Waals surface area contributed by atoms with E-state index in [-0.39, 0.29) is 12.5 Å².